The monoisotopic (exact) mass is 840 g/mol. The minimum atomic E-state index is -5.31. The molecule has 0 bridgehead atoms. The van der Waals surface area contributed by atoms with Crippen molar-refractivity contribution in [1.82, 2.24) is 0 Å². The Bertz CT molecular complexity index is 2980. The van der Waals surface area contributed by atoms with Crippen LogP contribution < -0.4 is 9.06 Å². The van der Waals surface area contributed by atoms with Gasteiger partial charge in [0.1, 0.15) is 35.4 Å². The van der Waals surface area contributed by atoms with E-state index in [2.05, 4.69) is 0 Å². The second kappa shape index (κ2) is 13.5. The van der Waals surface area contributed by atoms with Crippen molar-refractivity contribution in [3.63, 3.8) is 0 Å². The molecule has 5 aromatic carbocycles. The van der Waals surface area contributed by atoms with E-state index >= 15 is 0 Å². The van der Waals surface area contributed by atoms with E-state index in [1.807, 2.05) is 0 Å². The van der Waals surface area contributed by atoms with E-state index in [-0.39, 0.29) is 74.0 Å². The smallest absolute Gasteiger partial charge is 0.192 e. The fraction of sp³-hybridized carbons (Fsp3) is 0.100. The number of thiophene rings is 2. The van der Waals surface area contributed by atoms with E-state index in [4.69, 9.17) is 0 Å². The van der Waals surface area contributed by atoms with Crippen LogP contribution in [-0.4, -0.2) is 0 Å². The topological polar surface area (TPSA) is 95.2 Å². The van der Waals surface area contributed by atoms with E-state index in [0.29, 0.717) is 46.9 Å². The first-order chi connectivity index (χ1) is 27.1. The Morgan fingerprint density at radius 3 is 1.05 bits per heavy atom. The first-order valence-electron chi connectivity index (χ1n) is 15.9. The Morgan fingerprint density at radius 1 is 0.414 bits per heavy atom. The summed E-state index contributed by atoms with van der Waals surface area (Å²) in [5.74, 6) is 0. The summed E-state index contributed by atoms with van der Waals surface area (Å²) >= 11 is 1.37. The molecule has 0 unspecified atom stereocenters. The average molecular weight is 841 g/mol. The molecule has 2 aromatic heterocycles. The lowest BCUT2D eigenvalue weighted by atomic mass is 9.89. The van der Waals surface area contributed by atoms with Crippen LogP contribution in [0.2, 0.25) is 0 Å². The van der Waals surface area contributed by atoms with E-state index < -0.39 is 69.2 Å². The van der Waals surface area contributed by atoms with Crippen LogP contribution >= 0.6 is 22.7 Å². The summed E-state index contributed by atoms with van der Waals surface area (Å²) in [6.07, 6.45) is -20.9. The molecular weight excluding hydrogens is 829 g/mol. The van der Waals surface area contributed by atoms with Gasteiger partial charge in [0.2, 0.25) is 0 Å². The lowest BCUT2D eigenvalue weighted by Gasteiger charge is -2.19. The summed E-state index contributed by atoms with van der Waals surface area (Å²) in [5.41, 5.74) is -9.24. The highest BCUT2D eigenvalue weighted by Crippen LogP contribution is 2.49. The van der Waals surface area contributed by atoms with E-state index in [9.17, 15) is 73.7 Å². The van der Waals surface area contributed by atoms with Gasteiger partial charge in [-0.3, -0.25) is 0 Å². The summed E-state index contributed by atoms with van der Waals surface area (Å²) in [7, 11) is 0. The zero-order valence-corrected chi connectivity index (χ0v) is 29.7. The van der Waals surface area contributed by atoms with E-state index in [0.717, 1.165) is 0 Å². The standard InChI is InChI=1S/C40H12F12N4S2/c41-37(42,43)21-3-5-23(29(9-21)39(47,48)49)25-7-17-1-2-18-8-26(24-6-4-22(38(44,45)46)10-30(24)40(50,51)52)36-28(12-32(58-36)20(15-55)16-56)34(18)33(17)27-11-31(57-35(25)27)19(13-53)14-54/h1-12H. The molecule has 2 heterocycles. The number of hydrogen-bond acceptors (Lipinski definition) is 6. The zero-order chi connectivity index (χ0) is 42.3. The molecule has 0 fully saturated rings. The number of rotatable bonds is 2. The largest absolute Gasteiger partial charge is 0.417 e. The number of nitrogens with zero attached hydrogens (tertiary/aromatic N) is 4. The molecule has 0 aliphatic heterocycles. The average Bonchev–Trinajstić information content (AvgIpc) is 3.79. The second-order valence-corrected chi connectivity index (χ2v) is 14.6. The lowest BCUT2D eigenvalue weighted by molar-refractivity contribution is -0.144. The van der Waals surface area contributed by atoms with E-state index in [1.165, 1.54) is 36.4 Å². The van der Waals surface area contributed by atoms with Gasteiger partial charge in [0.15, 0.2) is 0 Å². The summed E-state index contributed by atoms with van der Waals surface area (Å²) in [6.45, 7) is 0. The quantitative estimate of drug-likeness (QED) is 0.128. The third-order valence-electron chi connectivity index (χ3n) is 9.19. The van der Waals surface area contributed by atoms with Crippen molar-refractivity contribution in [2.45, 2.75) is 24.7 Å². The number of hydrogen-bond donors (Lipinski definition) is 0. The maximum atomic E-state index is 14.5. The Labute approximate surface area is 323 Å². The van der Waals surface area contributed by atoms with Gasteiger partial charge in [-0.05, 0) is 81.2 Å². The fourth-order valence-electron chi connectivity index (χ4n) is 6.75. The first kappa shape index (κ1) is 39.6. The van der Waals surface area contributed by atoms with Crippen LogP contribution in [0.5, 0.6) is 0 Å². The van der Waals surface area contributed by atoms with Crippen LogP contribution in [0.1, 0.15) is 22.3 Å². The summed E-state index contributed by atoms with van der Waals surface area (Å²) in [5, 5.41) is 39.6. The Balaban J connectivity index is 1.70. The predicted octanol–water partition coefficient (Wildman–Crippen LogP) is 12.2. The number of halogens is 12. The summed E-state index contributed by atoms with van der Waals surface area (Å²) in [4.78, 5) is 0. The molecule has 0 N–H and O–H groups in total. The molecule has 4 nitrogen and oxygen atoms in total. The Morgan fingerprint density at radius 2 is 0.759 bits per heavy atom. The van der Waals surface area contributed by atoms with Crippen molar-refractivity contribution in [3.8, 4) is 46.5 Å². The van der Waals surface area contributed by atoms with Crippen LogP contribution in [0, 0.1) is 45.3 Å². The zero-order valence-electron chi connectivity index (χ0n) is 28.1. The SMILES string of the molecule is N#CC(C#N)=c1cc2c(s1)c(-c1ccc(C(F)(F)F)cc1C(F)(F)F)cc1ccc3cc(-c4ccc(C(F)(F)F)cc4C(F)(F)F)c4sc(=C(C#N)C#N)cc4c3c12. The number of benzene rings is 5. The van der Waals surface area contributed by atoms with Gasteiger partial charge in [-0.1, -0.05) is 24.3 Å². The molecular formula is C40H12F12N4S2. The van der Waals surface area contributed by atoms with Gasteiger partial charge >= 0.3 is 24.7 Å². The molecule has 7 aromatic rings. The Kier molecular flexibility index (Phi) is 9.23. The van der Waals surface area contributed by atoms with Crippen molar-refractivity contribution in [3.05, 3.63) is 104 Å². The number of alkyl halides is 12. The van der Waals surface area contributed by atoms with Crippen LogP contribution in [0.3, 0.4) is 0 Å². The van der Waals surface area contributed by atoms with Crippen LogP contribution in [0.25, 0.3) is 75.1 Å². The van der Waals surface area contributed by atoms with Crippen LogP contribution in [0.15, 0.2) is 72.8 Å². The van der Waals surface area contributed by atoms with Gasteiger partial charge in [0.25, 0.3) is 0 Å². The van der Waals surface area contributed by atoms with Crippen molar-refractivity contribution in [2.24, 2.45) is 0 Å². The summed E-state index contributed by atoms with van der Waals surface area (Å²) in [6, 6.07) is 16.7. The highest BCUT2D eigenvalue weighted by Gasteiger charge is 2.40. The van der Waals surface area contributed by atoms with Crippen molar-refractivity contribution >= 4 is 75.5 Å². The first-order valence-corrected chi connectivity index (χ1v) is 17.6. The minimum Gasteiger partial charge on any atom is -0.192 e. The van der Waals surface area contributed by atoms with Gasteiger partial charge in [0, 0.05) is 31.3 Å². The molecule has 7 rings (SSSR count). The molecule has 0 aliphatic carbocycles. The predicted molar refractivity (Wildman–Crippen MR) is 192 cm³/mol. The third-order valence-corrected chi connectivity index (χ3v) is 11.6. The van der Waals surface area contributed by atoms with Gasteiger partial charge in [-0.15, -0.1) is 22.7 Å². The molecule has 0 spiro atoms. The third kappa shape index (κ3) is 6.60. The number of nitriles is 4. The highest BCUT2D eigenvalue weighted by atomic mass is 32.1. The molecule has 0 amide bonds. The maximum Gasteiger partial charge on any atom is 0.417 e. The molecule has 0 aliphatic rings. The lowest BCUT2D eigenvalue weighted by Crippen LogP contribution is -2.12. The van der Waals surface area contributed by atoms with Crippen molar-refractivity contribution in [1.29, 1.82) is 21.0 Å². The van der Waals surface area contributed by atoms with Crippen molar-refractivity contribution in [2.75, 3.05) is 0 Å². The molecule has 58 heavy (non-hydrogen) atoms. The second-order valence-electron chi connectivity index (χ2n) is 12.5. The minimum absolute atomic E-state index is 0.0284. The van der Waals surface area contributed by atoms with Gasteiger partial charge < -0.3 is 0 Å². The normalized spacial score (nSPS) is 12.4. The van der Waals surface area contributed by atoms with E-state index in [1.54, 1.807) is 24.3 Å². The maximum absolute atomic E-state index is 14.5. The molecule has 0 atom stereocenters. The van der Waals surface area contributed by atoms with Crippen LogP contribution in [-0.2, 0) is 24.7 Å². The molecule has 18 heteroatoms. The molecule has 288 valence electrons. The van der Waals surface area contributed by atoms with Gasteiger partial charge in [-0.2, -0.15) is 73.7 Å². The van der Waals surface area contributed by atoms with Crippen molar-refractivity contribution < 1.29 is 52.7 Å². The molecule has 0 radical (unpaired) electrons. The molecule has 0 saturated heterocycles. The van der Waals surface area contributed by atoms with Crippen LogP contribution in [0.4, 0.5) is 52.7 Å². The van der Waals surface area contributed by atoms with Gasteiger partial charge in [0.05, 0.1) is 31.3 Å². The van der Waals surface area contributed by atoms with Gasteiger partial charge in [-0.25, -0.2) is 0 Å². The Hall–Kier alpha value is -6.60. The summed E-state index contributed by atoms with van der Waals surface area (Å²) < 4.78 is 169. The number of fused-ring (bicyclic) bond motifs is 7. The molecule has 0 saturated carbocycles. The fourth-order valence-corrected chi connectivity index (χ4v) is 9.03. The highest BCUT2D eigenvalue weighted by molar-refractivity contribution is 7.18.